The summed E-state index contributed by atoms with van der Waals surface area (Å²) in [6.07, 6.45) is 5.90. The van der Waals surface area contributed by atoms with Crippen LogP contribution >= 0.6 is 0 Å². The number of ether oxygens (including phenoxy) is 4. The van der Waals surface area contributed by atoms with Gasteiger partial charge in [-0.05, 0) is 47.9 Å². The second-order valence-corrected chi connectivity index (χ2v) is 5.87. The van der Waals surface area contributed by atoms with E-state index in [1.54, 1.807) is 46.6 Å². The molecule has 0 aliphatic carbocycles. The van der Waals surface area contributed by atoms with Gasteiger partial charge in [0.1, 0.15) is 0 Å². The fraction of sp³-hybridized carbons (Fsp3) is 0.227. The van der Waals surface area contributed by atoms with Gasteiger partial charge in [-0.3, -0.25) is 4.79 Å². The number of amides is 1. The maximum atomic E-state index is 11.8. The molecular formula is C22H25NO5. The van der Waals surface area contributed by atoms with Crippen LogP contribution in [-0.4, -0.2) is 34.3 Å². The number of nitrogens with two attached hydrogens (primary N) is 1. The van der Waals surface area contributed by atoms with E-state index in [0.29, 0.717) is 35.0 Å². The molecule has 0 unspecified atom stereocenters. The molecule has 0 aliphatic rings. The van der Waals surface area contributed by atoms with E-state index in [2.05, 4.69) is 0 Å². The van der Waals surface area contributed by atoms with Gasteiger partial charge in [0.2, 0.25) is 5.91 Å². The van der Waals surface area contributed by atoms with E-state index in [4.69, 9.17) is 24.7 Å². The van der Waals surface area contributed by atoms with Crippen LogP contribution in [0.25, 0.3) is 12.2 Å². The van der Waals surface area contributed by atoms with Crippen molar-refractivity contribution in [3.63, 3.8) is 0 Å². The van der Waals surface area contributed by atoms with E-state index in [-0.39, 0.29) is 0 Å². The third-order valence-corrected chi connectivity index (χ3v) is 4.12. The first-order chi connectivity index (χ1) is 13.5. The van der Waals surface area contributed by atoms with Gasteiger partial charge < -0.3 is 24.7 Å². The third kappa shape index (κ3) is 5.30. The number of hydrogen-bond acceptors (Lipinski definition) is 5. The van der Waals surface area contributed by atoms with Crippen LogP contribution in [0, 0.1) is 0 Å². The van der Waals surface area contributed by atoms with Gasteiger partial charge in [0, 0.05) is 5.57 Å². The Balaban J connectivity index is 2.20. The topological polar surface area (TPSA) is 80.0 Å². The minimum Gasteiger partial charge on any atom is -0.493 e. The zero-order valence-corrected chi connectivity index (χ0v) is 16.5. The van der Waals surface area contributed by atoms with Crippen molar-refractivity contribution in [2.45, 2.75) is 6.42 Å². The number of rotatable bonds is 9. The highest BCUT2D eigenvalue weighted by Gasteiger charge is 2.07. The van der Waals surface area contributed by atoms with Crippen molar-refractivity contribution in [3.05, 3.63) is 59.2 Å². The molecule has 0 aromatic heterocycles. The summed E-state index contributed by atoms with van der Waals surface area (Å²) >= 11 is 0. The summed E-state index contributed by atoms with van der Waals surface area (Å²) in [7, 11) is 6.31. The molecule has 148 valence electrons. The lowest BCUT2D eigenvalue weighted by atomic mass is 10.1. The second kappa shape index (κ2) is 10.1. The molecule has 6 nitrogen and oxygen atoms in total. The molecule has 28 heavy (non-hydrogen) atoms. The Morgan fingerprint density at radius 3 is 1.82 bits per heavy atom. The van der Waals surface area contributed by atoms with E-state index in [9.17, 15) is 4.79 Å². The van der Waals surface area contributed by atoms with Gasteiger partial charge in [0.15, 0.2) is 23.0 Å². The molecule has 6 heteroatoms. The van der Waals surface area contributed by atoms with Gasteiger partial charge in [0.25, 0.3) is 0 Å². The summed E-state index contributed by atoms with van der Waals surface area (Å²) < 4.78 is 21.0. The minimum absolute atomic E-state index is 0.387. The number of primary amides is 1. The second-order valence-electron chi connectivity index (χ2n) is 5.87. The standard InChI is InChI=1S/C22H25NO5/c1-25-18-10-8-15(13-20(18)27-3)6-5-7-17(22(23)24)12-16-9-11-19(26-2)21(14-16)28-4/h5-6,8-14H,7H2,1-4H3,(H2,23,24)/b6-5+,17-12-. The SMILES string of the molecule is COc1ccc(/C=C(/C/C=C/c2ccc(OC)c(OC)c2)C(N)=O)cc1OC. The molecule has 2 rings (SSSR count). The molecule has 2 N–H and O–H groups in total. The van der Waals surface area contributed by atoms with Gasteiger partial charge in [-0.2, -0.15) is 0 Å². The molecule has 0 atom stereocenters. The van der Waals surface area contributed by atoms with Gasteiger partial charge in [0.05, 0.1) is 28.4 Å². The monoisotopic (exact) mass is 383 g/mol. The summed E-state index contributed by atoms with van der Waals surface area (Å²) in [5.41, 5.74) is 7.74. The molecule has 0 radical (unpaired) electrons. The molecule has 0 saturated carbocycles. The molecule has 0 spiro atoms. The Labute approximate surface area is 165 Å². The maximum Gasteiger partial charge on any atom is 0.244 e. The lowest BCUT2D eigenvalue weighted by Crippen LogP contribution is -2.13. The number of allylic oxidation sites excluding steroid dienone is 1. The summed E-state index contributed by atoms with van der Waals surface area (Å²) in [4.78, 5) is 11.8. The molecule has 2 aromatic carbocycles. The van der Waals surface area contributed by atoms with Gasteiger partial charge in [-0.25, -0.2) is 0 Å². The Morgan fingerprint density at radius 2 is 1.32 bits per heavy atom. The minimum atomic E-state index is -0.480. The molecule has 0 aliphatic heterocycles. The highest BCUT2D eigenvalue weighted by Crippen LogP contribution is 2.29. The van der Waals surface area contributed by atoms with Crippen LogP contribution in [0.1, 0.15) is 17.5 Å². The van der Waals surface area contributed by atoms with Crippen LogP contribution in [0.5, 0.6) is 23.0 Å². The zero-order chi connectivity index (χ0) is 20.5. The van der Waals surface area contributed by atoms with Crippen LogP contribution in [0.4, 0.5) is 0 Å². The Kier molecular flexibility index (Phi) is 7.51. The third-order valence-electron chi connectivity index (χ3n) is 4.12. The van der Waals surface area contributed by atoms with Crippen LogP contribution in [-0.2, 0) is 4.79 Å². The smallest absolute Gasteiger partial charge is 0.244 e. The zero-order valence-electron chi connectivity index (χ0n) is 16.5. The van der Waals surface area contributed by atoms with E-state index in [1.807, 2.05) is 36.4 Å². The average molecular weight is 383 g/mol. The lowest BCUT2D eigenvalue weighted by Gasteiger charge is -2.08. The van der Waals surface area contributed by atoms with Crippen molar-refractivity contribution >= 4 is 18.1 Å². The first-order valence-electron chi connectivity index (χ1n) is 8.63. The lowest BCUT2D eigenvalue weighted by molar-refractivity contribution is -0.114. The fourth-order valence-corrected chi connectivity index (χ4v) is 2.65. The highest BCUT2D eigenvalue weighted by molar-refractivity contribution is 5.97. The predicted octanol–water partition coefficient (Wildman–Crippen LogP) is 3.69. The van der Waals surface area contributed by atoms with E-state index in [0.717, 1.165) is 11.1 Å². The van der Waals surface area contributed by atoms with E-state index in [1.165, 1.54) is 0 Å². The number of hydrogen-bond donors (Lipinski definition) is 1. The maximum absolute atomic E-state index is 11.8. The number of methoxy groups -OCH3 is 4. The van der Waals surface area contributed by atoms with E-state index >= 15 is 0 Å². The quantitative estimate of drug-likeness (QED) is 0.668. The molecular weight excluding hydrogens is 358 g/mol. The van der Waals surface area contributed by atoms with Gasteiger partial charge >= 0.3 is 0 Å². The summed E-state index contributed by atoms with van der Waals surface area (Å²) in [6.45, 7) is 0. The normalized spacial score (nSPS) is 11.4. The molecule has 1 amide bonds. The Hall–Kier alpha value is -3.41. The fourth-order valence-electron chi connectivity index (χ4n) is 2.65. The summed E-state index contributed by atoms with van der Waals surface area (Å²) in [6, 6.07) is 11.0. The van der Waals surface area contributed by atoms with Crippen LogP contribution in [0.2, 0.25) is 0 Å². The number of carbonyl (C=O) groups excluding carboxylic acids is 1. The van der Waals surface area contributed by atoms with Crippen LogP contribution in [0.15, 0.2) is 48.0 Å². The number of carbonyl (C=O) groups is 1. The van der Waals surface area contributed by atoms with Crippen molar-refractivity contribution in [3.8, 4) is 23.0 Å². The Bertz CT molecular complexity index is 886. The molecule has 2 aromatic rings. The average Bonchev–Trinajstić information content (AvgIpc) is 2.72. The van der Waals surface area contributed by atoms with Crippen molar-refractivity contribution < 1.29 is 23.7 Å². The van der Waals surface area contributed by atoms with Gasteiger partial charge in [-0.15, -0.1) is 0 Å². The molecule has 0 bridgehead atoms. The van der Waals surface area contributed by atoms with Crippen molar-refractivity contribution in [2.75, 3.05) is 28.4 Å². The summed E-state index contributed by atoms with van der Waals surface area (Å²) in [5.74, 6) is 2.02. The highest BCUT2D eigenvalue weighted by atomic mass is 16.5. The van der Waals surface area contributed by atoms with Gasteiger partial charge in [-0.1, -0.05) is 24.3 Å². The molecule has 0 heterocycles. The van der Waals surface area contributed by atoms with E-state index < -0.39 is 5.91 Å². The van der Waals surface area contributed by atoms with Crippen LogP contribution < -0.4 is 24.7 Å². The molecule has 0 saturated heterocycles. The van der Waals surface area contributed by atoms with Crippen molar-refractivity contribution in [1.82, 2.24) is 0 Å². The Morgan fingerprint density at radius 1 is 0.821 bits per heavy atom. The first-order valence-corrected chi connectivity index (χ1v) is 8.63. The van der Waals surface area contributed by atoms with Crippen molar-refractivity contribution in [1.29, 1.82) is 0 Å². The predicted molar refractivity (Wildman–Crippen MR) is 110 cm³/mol. The summed E-state index contributed by atoms with van der Waals surface area (Å²) in [5, 5.41) is 0. The van der Waals surface area contributed by atoms with Crippen molar-refractivity contribution in [2.24, 2.45) is 5.73 Å². The number of benzene rings is 2. The first kappa shape index (κ1) is 20.9. The molecule has 0 fully saturated rings. The van der Waals surface area contributed by atoms with Crippen LogP contribution in [0.3, 0.4) is 0 Å². The largest absolute Gasteiger partial charge is 0.493 e.